The van der Waals surface area contributed by atoms with Crippen LogP contribution in [0.3, 0.4) is 0 Å². The van der Waals surface area contributed by atoms with E-state index in [9.17, 15) is 4.79 Å². The third-order valence-corrected chi connectivity index (χ3v) is 3.78. The highest BCUT2D eigenvalue weighted by Gasteiger charge is 2.02. The first-order valence-corrected chi connectivity index (χ1v) is 7.43. The van der Waals surface area contributed by atoms with Gasteiger partial charge in [-0.2, -0.15) is 0 Å². The first kappa shape index (κ1) is 14.7. The second-order valence-electron chi connectivity index (χ2n) is 4.01. The Morgan fingerprint density at radius 3 is 2.60 bits per heavy atom. The van der Waals surface area contributed by atoms with Gasteiger partial charge >= 0.3 is 6.09 Å². The molecular weight excluding hydrogens is 296 g/mol. The number of anilines is 2. The van der Waals surface area contributed by atoms with Gasteiger partial charge in [0.1, 0.15) is 0 Å². The maximum absolute atomic E-state index is 11.3. The number of benzene rings is 1. The van der Waals surface area contributed by atoms with Gasteiger partial charge in [-0.1, -0.05) is 11.6 Å². The Bertz CT molecular complexity index is 569. The maximum Gasteiger partial charge on any atom is 0.411 e. The van der Waals surface area contributed by atoms with Crippen LogP contribution in [0.2, 0.25) is 5.02 Å². The minimum absolute atomic E-state index is 0.356. The summed E-state index contributed by atoms with van der Waals surface area (Å²) in [5.74, 6) is 0. The number of nitrogens with one attached hydrogen (secondary N) is 2. The predicted octanol–water partition coefficient (Wildman–Crippen LogP) is 4.58. The number of carbonyl (C=O) groups excluding carboxylic acids is 1. The number of rotatable bonds is 5. The van der Waals surface area contributed by atoms with Gasteiger partial charge in [-0.25, -0.2) is 4.79 Å². The van der Waals surface area contributed by atoms with Crippen molar-refractivity contribution in [3.63, 3.8) is 0 Å². The van der Waals surface area contributed by atoms with E-state index >= 15 is 0 Å². The molecule has 0 saturated heterocycles. The van der Waals surface area contributed by atoms with Crippen LogP contribution in [-0.2, 0) is 11.3 Å². The highest BCUT2D eigenvalue weighted by atomic mass is 35.5. The van der Waals surface area contributed by atoms with Crippen LogP contribution in [0.25, 0.3) is 0 Å². The average molecular weight is 311 g/mol. The molecular formula is C14H15ClN2O2S. The molecule has 1 heterocycles. The third kappa shape index (κ3) is 4.43. The molecule has 20 heavy (non-hydrogen) atoms. The fourth-order valence-corrected chi connectivity index (χ4v) is 2.60. The SMILES string of the molecule is CCOC(=O)Nc1ccc(NCc2cc(Cl)cs2)cc1. The topological polar surface area (TPSA) is 50.4 Å². The molecule has 0 fully saturated rings. The Morgan fingerprint density at radius 1 is 1.30 bits per heavy atom. The second kappa shape index (κ2) is 7.17. The minimum atomic E-state index is -0.443. The molecule has 0 aliphatic rings. The quantitative estimate of drug-likeness (QED) is 0.849. The van der Waals surface area contributed by atoms with Crippen LogP contribution >= 0.6 is 22.9 Å². The van der Waals surface area contributed by atoms with Crippen molar-refractivity contribution in [3.8, 4) is 0 Å². The van der Waals surface area contributed by atoms with E-state index in [2.05, 4.69) is 10.6 Å². The zero-order valence-corrected chi connectivity index (χ0v) is 12.6. The van der Waals surface area contributed by atoms with Gasteiger partial charge in [0, 0.05) is 28.2 Å². The number of thiophene rings is 1. The second-order valence-corrected chi connectivity index (χ2v) is 5.44. The van der Waals surface area contributed by atoms with E-state index in [0.717, 1.165) is 17.3 Å². The molecule has 0 unspecified atom stereocenters. The number of ether oxygens (including phenoxy) is 1. The summed E-state index contributed by atoms with van der Waals surface area (Å²) < 4.78 is 4.81. The van der Waals surface area contributed by atoms with Crippen LogP contribution in [0.1, 0.15) is 11.8 Å². The van der Waals surface area contributed by atoms with E-state index in [4.69, 9.17) is 16.3 Å². The molecule has 0 saturated carbocycles. The third-order valence-electron chi connectivity index (χ3n) is 2.50. The van der Waals surface area contributed by atoms with Crippen molar-refractivity contribution < 1.29 is 9.53 Å². The van der Waals surface area contributed by atoms with Crippen molar-refractivity contribution >= 4 is 40.4 Å². The summed E-state index contributed by atoms with van der Waals surface area (Å²) in [5, 5.41) is 8.60. The fourth-order valence-electron chi connectivity index (χ4n) is 1.59. The van der Waals surface area contributed by atoms with Crippen LogP contribution in [0.5, 0.6) is 0 Å². The van der Waals surface area contributed by atoms with Crippen LogP contribution in [0.15, 0.2) is 35.7 Å². The lowest BCUT2D eigenvalue weighted by molar-refractivity contribution is 0.168. The summed E-state index contributed by atoms with van der Waals surface area (Å²) in [6.45, 7) is 2.85. The maximum atomic E-state index is 11.3. The van der Waals surface area contributed by atoms with E-state index in [-0.39, 0.29) is 0 Å². The summed E-state index contributed by atoms with van der Waals surface area (Å²) in [5.41, 5.74) is 1.68. The first-order chi connectivity index (χ1) is 9.67. The molecule has 1 amide bonds. The Morgan fingerprint density at radius 2 is 2.00 bits per heavy atom. The van der Waals surface area contributed by atoms with E-state index in [0.29, 0.717) is 12.3 Å². The molecule has 0 radical (unpaired) electrons. The van der Waals surface area contributed by atoms with Gasteiger partial charge in [-0.05, 0) is 37.3 Å². The van der Waals surface area contributed by atoms with Crippen molar-refractivity contribution in [1.29, 1.82) is 0 Å². The van der Waals surface area contributed by atoms with E-state index in [1.54, 1.807) is 18.3 Å². The van der Waals surface area contributed by atoms with Crippen molar-refractivity contribution in [1.82, 2.24) is 0 Å². The molecule has 0 aliphatic heterocycles. The van der Waals surface area contributed by atoms with Gasteiger partial charge < -0.3 is 10.1 Å². The van der Waals surface area contributed by atoms with Gasteiger partial charge in [-0.15, -0.1) is 11.3 Å². The summed E-state index contributed by atoms with van der Waals surface area (Å²) in [6.07, 6.45) is -0.443. The van der Waals surface area contributed by atoms with Gasteiger partial charge in [-0.3, -0.25) is 5.32 Å². The molecule has 2 N–H and O–H groups in total. The van der Waals surface area contributed by atoms with Crippen LogP contribution in [-0.4, -0.2) is 12.7 Å². The molecule has 1 aromatic carbocycles. The molecule has 6 heteroatoms. The van der Waals surface area contributed by atoms with Gasteiger partial charge in [0.2, 0.25) is 0 Å². The largest absolute Gasteiger partial charge is 0.450 e. The standard InChI is InChI=1S/C14H15ClN2O2S/c1-2-19-14(18)17-12-5-3-11(4-6-12)16-8-13-7-10(15)9-20-13/h3-7,9,16H,2,8H2,1H3,(H,17,18). The molecule has 1 aromatic heterocycles. The number of halogens is 1. The van der Waals surface area contributed by atoms with Gasteiger partial charge in [0.15, 0.2) is 0 Å². The molecule has 4 nitrogen and oxygen atoms in total. The molecule has 2 aromatic rings. The fraction of sp³-hybridized carbons (Fsp3) is 0.214. The summed E-state index contributed by atoms with van der Waals surface area (Å²) in [7, 11) is 0. The van der Waals surface area contributed by atoms with Crippen molar-refractivity contribution in [2.24, 2.45) is 0 Å². The smallest absolute Gasteiger partial charge is 0.411 e. The molecule has 0 atom stereocenters. The molecule has 0 aliphatic carbocycles. The average Bonchev–Trinajstić information content (AvgIpc) is 2.84. The molecule has 0 spiro atoms. The number of amides is 1. The normalized spacial score (nSPS) is 10.1. The van der Waals surface area contributed by atoms with Crippen LogP contribution < -0.4 is 10.6 Å². The van der Waals surface area contributed by atoms with Gasteiger partial charge in [0.25, 0.3) is 0 Å². The lowest BCUT2D eigenvalue weighted by atomic mass is 10.3. The van der Waals surface area contributed by atoms with E-state index < -0.39 is 6.09 Å². The summed E-state index contributed by atoms with van der Waals surface area (Å²) >= 11 is 7.49. The zero-order valence-electron chi connectivity index (χ0n) is 11.0. The summed E-state index contributed by atoms with van der Waals surface area (Å²) in [6, 6.07) is 9.38. The Kier molecular flexibility index (Phi) is 5.26. The van der Waals surface area contributed by atoms with E-state index in [1.807, 2.05) is 35.7 Å². The molecule has 106 valence electrons. The zero-order chi connectivity index (χ0) is 14.4. The lowest BCUT2D eigenvalue weighted by Crippen LogP contribution is -2.13. The number of hydrogen-bond donors (Lipinski definition) is 2. The molecule has 0 bridgehead atoms. The highest BCUT2D eigenvalue weighted by Crippen LogP contribution is 2.21. The first-order valence-electron chi connectivity index (χ1n) is 6.18. The summed E-state index contributed by atoms with van der Waals surface area (Å²) in [4.78, 5) is 12.4. The van der Waals surface area contributed by atoms with Crippen LogP contribution in [0, 0.1) is 0 Å². The number of hydrogen-bond acceptors (Lipinski definition) is 4. The monoisotopic (exact) mass is 310 g/mol. The van der Waals surface area contributed by atoms with Crippen molar-refractivity contribution in [2.75, 3.05) is 17.2 Å². The predicted molar refractivity (Wildman–Crippen MR) is 83.7 cm³/mol. The minimum Gasteiger partial charge on any atom is -0.450 e. The Hall–Kier alpha value is -1.72. The lowest BCUT2D eigenvalue weighted by Gasteiger charge is -2.07. The highest BCUT2D eigenvalue weighted by molar-refractivity contribution is 7.10. The van der Waals surface area contributed by atoms with Crippen molar-refractivity contribution in [2.45, 2.75) is 13.5 Å². The van der Waals surface area contributed by atoms with Crippen LogP contribution in [0.4, 0.5) is 16.2 Å². The Labute approximate surface area is 126 Å². The Balaban J connectivity index is 1.86. The van der Waals surface area contributed by atoms with Crippen molar-refractivity contribution in [3.05, 3.63) is 45.6 Å². The molecule has 2 rings (SSSR count). The van der Waals surface area contributed by atoms with Gasteiger partial charge in [0.05, 0.1) is 11.6 Å². The number of carbonyl (C=O) groups is 1. The van der Waals surface area contributed by atoms with E-state index in [1.165, 1.54) is 4.88 Å².